The van der Waals surface area contributed by atoms with Gasteiger partial charge in [0.2, 0.25) is 0 Å². The highest BCUT2D eigenvalue weighted by molar-refractivity contribution is 8.24. The van der Waals surface area contributed by atoms with Gasteiger partial charge < -0.3 is 16.9 Å². The van der Waals surface area contributed by atoms with Gasteiger partial charge in [0.05, 0.1) is 23.1 Å². The van der Waals surface area contributed by atoms with Gasteiger partial charge in [0.1, 0.15) is 11.5 Å². The highest BCUT2D eigenvalue weighted by Crippen LogP contribution is 2.27. The summed E-state index contributed by atoms with van der Waals surface area (Å²) in [5.41, 5.74) is 18.1. The highest BCUT2D eigenvalue weighted by atomic mass is 32.2. The van der Waals surface area contributed by atoms with Gasteiger partial charge >= 0.3 is 0 Å². The van der Waals surface area contributed by atoms with Crippen molar-refractivity contribution < 1.29 is 0 Å². The summed E-state index contributed by atoms with van der Waals surface area (Å²) in [5.74, 6) is 0.495. The molecule has 5 N–H and O–H groups in total. The summed E-state index contributed by atoms with van der Waals surface area (Å²) in [6.07, 6.45) is 5.57. The third-order valence-corrected chi connectivity index (χ3v) is 4.64. The molecule has 0 amide bonds. The number of aromatic nitrogens is 3. The maximum Gasteiger partial charge on any atom is 0.164 e. The largest absolute Gasteiger partial charge is 0.384 e. The van der Waals surface area contributed by atoms with Crippen molar-refractivity contribution in [2.75, 3.05) is 5.73 Å². The third-order valence-electron chi connectivity index (χ3n) is 4.19. The Morgan fingerprint density at radius 2 is 1.93 bits per heavy atom. The summed E-state index contributed by atoms with van der Waals surface area (Å²) in [7, 11) is 0. The second-order valence-corrected chi connectivity index (χ2v) is 6.88. The number of rotatable bonds is 4. The average Bonchev–Trinajstić information content (AvgIpc) is 3.12. The summed E-state index contributed by atoms with van der Waals surface area (Å²) in [6, 6.07) is 15.5. The molecule has 7 nitrogen and oxygen atoms in total. The van der Waals surface area contributed by atoms with E-state index in [4.69, 9.17) is 16.9 Å². The van der Waals surface area contributed by atoms with Crippen molar-refractivity contribution in [3.05, 3.63) is 67.1 Å². The number of anilines is 1. The quantitative estimate of drug-likeness (QED) is 0.362. The lowest BCUT2D eigenvalue weighted by atomic mass is 10.1. The van der Waals surface area contributed by atoms with E-state index in [1.54, 1.807) is 12.3 Å². The van der Waals surface area contributed by atoms with Crippen molar-refractivity contribution in [2.45, 2.75) is 0 Å². The lowest BCUT2D eigenvalue weighted by Crippen LogP contribution is -2.05. The Labute approximate surface area is 165 Å². The first-order chi connectivity index (χ1) is 13.6. The Morgan fingerprint density at radius 3 is 2.71 bits per heavy atom. The molecule has 0 saturated carbocycles. The van der Waals surface area contributed by atoms with E-state index in [9.17, 15) is 0 Å². The van der Waals surface area contributed by atoms with Gasteiger partial charge in [-0.1, -0.05) is 12.1 Å². The fourth-order valence-corrected chi connectivity index (χ4v) is 3.18. The molecule has 0 aliphatic carbocycles. The van der Waals surface area contributed by atoms with Crippen LogP contribution in [0.25, 0.3) is 28.0 Å². The Morgan fingerprint density at radius 1 is 1.04 bits per heavy atom. The predicted molar refractivity (Wildman–Crippen MR) is 116 cm³/mol. The summed E-state index contributed by atoms with van der Waals surface area (Å²) in [4.78, 5) is 13.0. The van der Waals surface area contributed by atoms with Crippen molar-refractivity contribution in [3.63, 3.8) is 0 Å². The molecule has 8 heteroatoms. The molecular weight excluding hydrogens is 370 g/mol. The molecule has 138 valence electrons. The molecule has 0 fully saturated rings. The van der Waals surface area contributed by atoms with E-state index in [2.05, 4.69) is 15.0 Å². The minimum absolute atomic E-state index is 0.326. The molecule has 0 atom stereocenters. The molecule has 0 saturated heterocycles. The molecule has 1 aromatic carbocycles. The SMILES string of the molecule is N=CSC(N)=Nc1cccc(-c2cnc3cc(-c4ccc(N)nc4)ccn23)c1. The van der Waals surface area contributed by atoms with Crippen LogP contribution >= 0.6 is 11.8 Å². The zero-order chi connectivity index (χ0) is 19.5. The number of benzene rings is 1. The van der Waals surface area contributed by atoms with Crippen LogP contribution in [0.2, 0.25) is 0 Å². The van der Waals surface area contributed by atoms with Gasteiger partial charge in [-0.3, -0.25) is 4.40 Å². The van der Waals surface area contributed by atoms with Gasteiger partial charge in [-0.2, -0.15) is 0 Å². The lowest BCUT2D eigenvalue weighted by molar-refractivity contribution is 1.19. The highest BCUT2D eigenvalue weighted by Gasteiger charge is 2.08. The van der Waals surface area contributed by atoms with E-state index in [1.165, 1.54) is 0 Å². The molecule has 4 aromatic rings. The summed E-state index contributed by atoms with van der Waals surface area (Å²) >= 11 is 1.07. The number of fused-ring (bicyclic) bond motifs is 1. The smallest absolute Gasteiger partial charge is 0.164 e. The Kier molecular flexibility index (Phi) is 4.77. The number of aliphatic imine (C=N–C) groups is 1. The van der Waals surface area contributed by atoms with E-state index >= 15 is 0 Å². The normalized spacial score (nSPS) is 11.6. The van der Waals surface area contributed by atoms with Crippen molar-refractivity contribution >= 4 is 39.6 Å². The fourth-order valence-electron chi connectivity index (χ4n) is 2.90. The summed E-state index contributed by atoms with van der Waals surface area (Å²) in [6.45, 7) is 0. The number of nitrogen functional groups attached to an aromatic ring is 1. The van der Waals surface area contributed by atoms with E-state index in [0.717, 1.165) is 51.0 Å². The number of pyridine rings is 2. The first kappa shape index (κ1) is 17.7. The predicted octanol–water partition coefficient (Wildman–Crippen LogP) is 3.93. The molecule has 3 heterocycles. The number of hydrogen-bond acceptors (Lipinski definition) is 6. The van der Waals surface area contributed by atoms with Gasteiger partial charge in [-0.15, -0.1) is 0 Å². The van der Waals surface area contributed by atoms with Crippen LogP contribution in [0.4, 0.5) is 11.5 Å². The molecule has 0 aliphatic heterocycles. The first-order valence-corrected chi connectivity index (χ1v) is 9.31. The summed E-state index contributed by atoms with van der Waals surface area (Å²) < 4.78 is 2.02. The van der Waals surface area contributed by atoms with Gasteiger partial charge in [0, 0.05) is 23.5 Å². The molecular formula is C20H17N7S. The molecule has 0 radical (unpaired) electrons. The minimum atomic E-state index is 0.326. The number of nitrogens with one attached hydrogen (secondary N) is 1. The Balaban J connectivity index is 1.71. The number of nitrogens with two attached hydrogens (primary N) is 2. The van der Waals surface area contributed by atoms with Gasteiger partial charge in [0.25, 0.3) is 0 Å². The zero-order valence-corrected chi connectivity index (χ0v) is 15.6. The first-order valence-electron chi connectivity index (χ1n) is 8.43. The van der Waals surface area contributed by atoms with Crippen LogP contribution < -0.4 is 11.5 Å². The monoisotopic (exact) mass is 387 g/mol. The molecule has 4 rings (SSSR count). The fraction of sp³-hybridized carbons (Fsp3) is 0. The van der Waals surface area contributed by atoms with Crippen LogP contribution in [-0.4, -0.2) is 25.1 Å². The van der Waals surface area contributed by atoms with Crippen molar-refractivity contribution in [1.82, 2.24) is 14.4 Å². The van der Waals surface area contributed by atoms with Crippen LogP contribution in [-0.2, 0) is 0 Å². The zero-order valence-electron chi connectivity index (χ0n) is 14.8. The van der Waals surface area contributed by atoms with Gasteiger partial charge in [-0.05, 0) is 53.7 Å². The Bertz CT molecular complexity index is 1180. The van der Waals surface area contributed by atoms with Crippen LogP contribution in [0.1, 0.15) is 0 Å². The molecule has 0 unspecified atom stereocenters. The minimum Gasteiger partial charge on any atom is -0.384 e. The molecule has 0 spiro atoms. The standard InChI is InChI=1S/C20H17N7S/c21-12-28-20(23)26-16-3-1-2-14(8-16)17-11-25-19-9-13(6-7-27(17)19)15-4-5-18(22)24-10-15/h1-12,21H,(H2,22,24)(H2,23,26). The van der Waals surface area contributed by atoms with E-state index < -0.39 is 0 Å². The average molecular weight is 387 g/mol. The maximum atomic E-state index is 7.09. The van der Waals surface area contributed by atoms with Crippen LogP contribution in [0.5, 0.6) is 0 Å². The van der Waals surface area contributed by atoms with Crippen LogP contribution in [0, 0.1) is 5.41 Å². The number of hydrogen-bond donors (Lipinski definition) is 3. The summed E-state index contributed by atoms with van der Waals surface area (Å²) in [5, 5.41) is 7.42. The topological polar surface area (TPSA) is 118 Å². The molecule has 28 heavy (non-hydrogen) atoms. The van der Waals surface area contributed by atoms with Crippen LogP contribution in [0.3, 0.4) is 0 Å². The third kappa shape index (κ3) is 3.58. The number of nitrogens with zero attached hydrogens (tertiary/aromatic N) is 4. The van der Waals surface area contributed by atoms with E-state index in [-0.39, 0.29) is 0 Å². The van der Waals surface area contributed by atoms with Crippen molar-refractivity contribution in [2.24, 2.45) is 10.7 Å². The number of amidine groups is 1. The van der Waals surface area contributed by atoms with Crippen molar-refractivity contribution in [3.8, 4) is 22.4 Å². The lowest BCUT2D eigenvalue weighted by Gasteiger charge is -2.06. The maximum absolute atomic E-state index is 7.09. The van der Waals surface area contributed by atoms with E-state index in [0.29, 0.717) is 11.0 Å². The van der Waals surface area contributed by atoms with Crippen LogP contribution in [0.15, 0.2) is 72.1 Å². The van der Waals surface area contributed by atoms with E-state index in [1.807, 2.05) is 59.3 Å². The molecule has 0 aliphatic rings. The second-order valence-electron chi connectivity index (χ2n) is 5.99. The number of imidazole rings is 1. The Hall–Kier alpha value is -3.65. The second kappa shape index (κ2) is 7.53. The molecule has 3 aromatic heterocycles. The molecule has 0 bridgehead atoms. The van der Waals surface area contributed by atoms with Crippen molar-refractivity contribution in [1.29, 1.82) is 5.41 Å². The van der Waals surface area contributed by atoms with Gasteiger partial charge in [0.15, 0.2) is 5.17 Å². The van der Waals surface area contributed by atoms with Gasteiger partial charge in [-0.25, -0.2) is 15.0 Å². The number of thioether (sulfide) groups is 1.